The number of carbonyl (C=O) groups excluding carboxylic acids is 1. The third kappa shape index (κ3) is 2.43. The Morgan fingerprint density at radius 1 is 1.39 bits per heavy atom. The molecule has 2 aromatic heterocycles. The fourth-order valence-electron chi connectivity index (χ4n) is 3.97. The Morgan fingerprint density at radius 2 is 2.26 bits per heavy atom. The van der Waals surface area contributed by atoms with E-state index >= 15 is 0 Å². The molecule has 2 aromatic rings. The van der Waals surface area contributed by atoms with Gasteiger partial charge in [0.2, 0.25) is 0 Å². The SMILES string of the molecule is CN1C[C@@H]2CN(C(=O)c3cc(-c4cccnc4)on3)C[C@]2(C)C1. The van der Waals surface area contributed by atoms with Crippen LogP contribution in [0.1, 0.15) is 17.4 Å². The van der Waals surface area contributed by atoms with Crippen LogP contribution < -0.4 is 0 Å². The Bertz CT molecular complexity index is 729. The summed E-state index contributed by atoms with van der Waals surface area (Å²) in [6, 6.07) is 5.43. The van der Waals surface area contributed by atoms with Crippen LogP contribution in [0.15, 0.2) is 35.1 Å². The average molecular weight is 312 g/mol. The molecule has 0 aromatic carbocycles. The number of aromatic nitrogens is 2. The lowest BCUT2D eigenvalue weighted by Gasteiger charge is -2.23. The van der Waals surface area contributed by atoms with E-state index in [2.05, 4.69) is 29.0 Å². The zero-order valence-corrected chi connectivity index (χ0v) is 13.4. The molecule has 4 rings (SSSR count). The Hall–Kier alpha value is -2.21. The van der Waals surface area contributed by atoms with Crippen molar-refractivity contribution in [3.63, 3.8) is 0 Å². The molecule has 6 heteroatoms. The second-order valence-electron chi connectivity index (χ2n) is 7.05. The van der Waals surface area contributed by atoms with Crippen LogP contribution in [0.4, 0.5) is 0 Å². The first-order valence-corrected chi connectivity index (χ1v) is 7.90. The van der Waals surface area contributed by atoms with Crippen molar-refractivity contribution < 1.29 is 9.32 Å². The van der Waals surface area contributed by atoms with Crippen LogP contribution in [0.5, 0.6) is 0 Å². The highest BCUT2D eigenvalue weighted by Gasteiger charge is 2.49. The zero-order valence-electron chi connectivity index (χ0n) is 13.4. The summed E-state index contributed by atoms with van der Waals surface area (Å²) in [6.45, 7) is 5.96. The Balaban J connectivity index is 1.52. The molecule has 2 aliphatic heterocycles. The molecule has 23 heavy (non-hydrogen) atoms. The molecule has 0 radical (unpaired) electrons. The van der Waals surface area contributed by atoms with E-state index < -0.39 is 0 Å². The molecule has 0 saturated carbocycles. The largest absolute Gasteiger partial charge is 0.355 e. The number of pyridine rings is 1. The van der Waals surface area contributed by atoms with Crippen LogP contribution in [0.25, 0.3) is 11.3 Å². The number of hydrogen-bond acceptors (Lipinski definition) is 5. The van der Waals surface area contributed by atoms with Crippen molar-refractivity contribution in [2.24, 2.45) is 11.3 Å². The quantitative estimate of drug-likeness (QED) is 0.845. The summed E-state index contributed by atoms with van der Waals surface area (Å²) in [5, 5.41) is 3.96. The lowest BCUT2D eigenvalue weighted by Crippen LogP contribution is -2.34. The van der Waals surface area contributed by atoms with Gasteiger partial charge < -0.3 is 14.3 Å². The predicted octanol–water partition coefficient (Wildman–Crippen LogP) is 1.76. The van der Waals surface area contributed by atoms with E-state index in [0.29, 0.717) is 17.4 Å². The Labute approximate surface area is 135 Å². The first-order chi connectivity index (χ1) is 11.0. The number of likely N-dealkylation sites (tertiary alicyclic amines) is 2. The van der Waals surface area contributed by atoms with Gasteiger partial charge in [0.25, 0.3) is 5.91 Å². The van der Waals surface area contributed by atoms with E-state index in [-0.39, 0.29) is 11.3 Å². The van der Waals surface area contributed by atoms with E-state index in [1.165, 1.54) is 0 Å². The van der Waals surface area contributed by atoms with Crippen LogP contribution in [-0.2, 0) is 0 Å². The van der Waals surface area contributed by atoms with Gasteiger partial charge in [-0.1, -0.05) is 12.1 Å². The molecule has 2 saturated heterocycles. The predicted molar refractivity (Wildman–Crippen MR) is 84.7 cm³/mol. The molecule has 1 amide bonds. The summed E-state index contributed by atoms with van der Waals surface area (Å²) in [6.07, 6.45) is 3.40. The zero-order chi connectivity index (χ0) is 16.0. The van der Waals surface area contributed by atoms with Crippen LogP contribution in [0.2, 0.25) is 0 Å². The summed E-state index contributed by atoms with van der Waals surface area (Å²) >= 11 is 0. The van der Waals surface area contributed by atoms with Gasteiger partial charge in [-0.05, 0) is 25.1 Å². The van der Waals surface area contributed by atoms with Gasteiger partial charge in [0.1, 0.15) is 0 Å². The number of nitrogens with zero attached hydrogens (tertiary/aromatic N) is 4. The molecular weight excluding hydrogens is 292 g/mol. The topological polar surface area (TPSA) is 62.5 Å². The van der Waals surface area contributed by atoms with Gasteiger partial charge in [-0.3, -0.25) is 9.78 Å². The maximum absolute atomic E-state index is 12.7. The molecule has 6 nitrogen and oxygen atoms in total. The van der Waals surface area contributed by atoms with Crippen LogP contribution in [-0.4, -0.2) is 59.1 Å². The molecule has 0 unspecified atom stereocenters. The Kier molecular flexibility index (Phi) is 3.23. The van der Waals surface area contributed by atoms with Gasteiger partial charge in [-0.15, -0.1) is 0 Å². The molecule has 4 heterocycles. The van der Waals surface area contributed by atoms with Crippen molar-refractivity contribution in [1.82, 2.24) is 19.9 Å². The van der Waals surface area contributed by atoms with E-state index in [0.717, 1.165) is 31.7 Å². The first kappa shape index (κ1) is 14.4. The maximum Gasteiger partial charge on any atom is 0.276 e. The molecule has 2 aliphatic rings. The minimum absolute atomic E-state index is 0.0397. The van der Waals surface area contributed by atoms with Gasteiger partial charge in [0, 0.05) is 55.6 Å². The fraction of sp³-hybridized carbons (Fsp3) is 0.471. The minimum Gasteiger partial charge on any atom is -0.355 e. The standard InChI is InChI=1S/C17H20N4O2/c1-17-10-20(2)8-13(17)9-21(11-17)16(22)14-6-15(23-19-14)12-4-3-5-18-7-12/h3-7,13H,8-11H2,1-2H3/t13-,17+/m1/s1. The highest BCUT2D eigenvalue weighted by molar-refractivity contribution is 5.93. The van der Waals surface area contributed by atoms with Gasteiger partial charge >= 0.3 is 0 Å². The normalized spacial score (nSPS) is 27.4. The van der Waals surface area contributed by atoms with Gasteiger partial charge in [-0.25, -0.2) is 0 Å². The first-order valence-electron chi connectivity index (χ1n) is 7.90. The van der Waals surface area contributed by atoms with Gasteiger partial charge in [-0.2, -0.15) is 0 Å². The fourth-order valence-corrected chi connectivity index (χ4v) is 3.97. The lowest BCUT2D eigenvalue weighted by atomic mass is 9.83. The maximum atomic E-state index is 12.7. The van der Waals surface area contributed by atoms with Crippen molar-refractivity contribution in [2.45, 2.75) is 6.92 Å². The Morgan fingerprint density at radius 3 is 3.00 bits per heavy atom. The highest BCUT2D eigenvalue weighted by atomic mass is 16.5. The molecule has 0 aliphatic carbocycles. The smallest absolute Gasteiger partial charge is 0.276 e. The summed E-state index contributed by atoms with van der Waals surface area (Å²) in [4.78, 5) is 21.0. The number of rotatable bonds is 2. The molecule has 0 spiro atoms. The van der Waals surface area contributed by atoms with Crippen molar-refractivity contribution in [2.75, 3.05) is 33.2 Å². The van der Waals surface area contributed by atoms with E-state index in [4.69, 9.17) is 4.52 Å². The van der Waals surface area contributed by atoms with Crippen LogP contribution >= 0.6 is 0 Å². The third-order valence-corrected chi connectivity index (χ3v) is 5.10. The average Bonchev–Trinajstić information content (AvgIpc) is 3.19. The molecule has 0 N–H and O–H groups in total. The monoisotopic (exact) mass is 312 g/mol. The van der Waals surface area contributed by atoms with E-state index in [1.807, 2.05) is 17.0 Å². The second-order valence-corrected chi connectivity index (χ2v) is 7.05. The molecular formula is C17H20N4O2. The third-order valence-electron chi connectivity index (χ3n) is 5.10. The summed E-state index contributed by atoms with van der Waals surface area (Å²) < 4.78 is 5.32. The minimum atomic E-state index is -0.0397. The van der Waals surface area contributed by atoms with Crippen molar-refractivity contribution in [3.8, 4) is 11.3 Å². The van der Waals surface area contributed by atoms with Crippen LogP contribution in [0, 0.1) is 11.3 Å². The lowest BCUT2D eigenvalue weighted by molar-refractivity contribution is 0.0755. The molecule has 120 valence electrons. The van der Waals surface area contributed by atoms with Gasteiger partial charge in [0.05, 0.1) is 0 Å². The van der Waals surface area contributed by atoms with E-state index in [1.54, 1.807) is 18.5 Å². The number of amides is 1. The molecule has 2 atom stereocenters. The number of hydrogen-bond donors (Lipinski definition) is 0. The van der Waals surface area contributed by atoms with Gasteiger partial charge in [0.15, 0.2) is 11.5 Å². The second kappa shape index (κ2) is 5.16. The summed E-state index contributed by atoms with van der Waals surface area (Å²) in [5.41, 5.74) is 1.40. The highest BCUT2D eigenvalue weighted by Crippen LogP contribution is 2.41. The molecule has 2 fully saturated rings. The number of fused-ring (bicyclic) bond motifs is 1. The van der Waals surface area contributed by atoms with Crippen molar-refractivity contribution in [1.29, 1.82) is 0 Å². The van der Waals surface area contributed by atoms with E-state index in [9.17, 15) is 4.79 Å². The summed E-state index contributed by atoms with van der Waals surface area (Å²) in [7, 11) is 2.15. The molecule has 0 bridgehead atoms. The van der Waals surface area contributed by atoms with Crippen LogP contribution in [0.3, 0.4) is 0 Å². The van der Waals surface area contributed by atoms with Crippen molar-refractivity contribution >= 4 is 5.91 Å². The number of carbonyl (C=O) groups is 1. The summed E-state index contributed by atoms with van der Waals surface area (Å²) in [5.74, 6) is 1.08. The van der Waals surface area contributed by atoms with Crippen molar-refractivity contribution in [3.05, 3.63) is 36.3 Å².